The summed E-state index contributed by atoms with van der Waals surface area (Å²) in [4.78, 5) is 0. The fraction of sp³-hybridized carbons (Fsp3) is 0.0227. The van der Waals surface area contributed by atoms with Crippen LogP contribution in [0.2, 0.25) is 0 Å². The van der Waals surface area contributed by atoms with Crippen molar-refractivity contribution in [2.24, 2.45) is 0 Å². The topological polar surface area (TPSA) is 38.6 Å². The zero-order valence-corrected chi connectivity index (χ0v) is 26.2. The van der Waals surface area contributed by atoms with Crippen LogP contribution < -0.4 is 0 Å². The maximum absolute atomic E-state index is 10.6. The van der Waals surface area contributed by atoms with Crippen molar-refractivity contribution in [3.63, 3.8) is 0 Å². The number of nitrogens with zero attached hydrogens (tertiary/aromatic N) is 4. The third-order valence-electron chi connectivity index (χ3n) is 9.58. The van der Waals surface area contributed by atoms with Crippen molar-refractivity contribution in [2.45, 2.75) is 6.92 Å². The van der Waals surface area contributed by atoms with E-state index in [0.29, 0.717) is 5.56 Å². The molecule has 0 atom stereocenters. The van der Waals surface area contributed by atoms with Gasteiger partial charge in [0.2, 0.25) is 0 Å². The number of benzene rings is 6. The number of hydrogen-bond acceptors (Lipinski definition) is 1. The molecule has 3 heterocycles. The Balaban J connectivity index is 1.57. The van der Waals surface area contributed by atoms with E-state index in [0.717, 1.165) is 82.8 Å². The molecule has 0 saturated carbocycles. The lowest BCUT2D eigenvalue weighted by atomic mass is 10.1. The van der Waals surface area contributed by atoms with Crippen LogP contribution in [0.15, 0.2) is 140 Å². The molecule has 4 nitrogen and oxygen atoms in total. The van der Waals surface area contributed by atoms with Crippen molar-refractivity contribution in [1.29, 1.82) is 5.26 Å². The van der Waals surface area contributed by atoms with Crippen LogP contribution in [0, 0.1) is 30.6 Å². The first-order valence-electron chi connectivity index (χ1n) is 16.0. The van der Waals surface area contributed by atoms with E-state index in [-0.39, 0.29) is 0 Å². The van der Waals surface area contributed by atoms with Crippen LogP contribution in [-0.4, -0.2) is 13.7 Å². The van der Waals surface area contributed by atoms with Crippen LogP contribution in [0.5, 0.6) is 0 Å². The van der Waals surface area contributed by atoms with Crippen LogP contribution in [0.25, 0.3) is 77.7 Å². The van der Waals surface area contributed by atoms with E-state index in [1.807, 2.05) is 18.2 Å². The van der Waals surface area contributed by atoms with Gasteiger partial charge in [-0.15, -0.1) is 6.42 Å². The number of rotatable bonds is 4. The van der Waals surface area contributed by atoms with Crippen molar-refractivity contribution < 1.29 is 0 Å². The summed E-state index contributed by atoms with van der Waals surface area (Å²) < 4.78 is 6.97. The summed E-state index contributed by atoms with van der Waals surface area (Å²) in [6, 6.07) is 49.1. The van der Waals surface area contributed by atoms with E-state index < -0.39 is 0 Å². The maximum atomic E-state index is 10.6. The van der Waals surface area contributed by atoms with Gasteiger partial charge in [0.05, 0.1) is 62.0 Å². The highest BCUT2D eigenvalue weighted by Gasteiger charge is 2.26. The van der Waals surface area contributed by atoms with Gasteiger partial charge in [0.1, 0.15) is 0 Å². The molecule has 48 heavy (non-hydrogen) atoms. The Hall–Kier alpha value is -6.75. The molecule has 9 aromatic rings. The lowest BCUT2D eigenvalue weighted by Gasteiger charge is -2.23. The van der Waals surface area contributed by atoms with E-state index in [1.54, 1.807) is 6.08 Å². The van der Waals surface area contributed by atoms with Crippen molar-refractivity contribution in [3.8, 4) is 35.5 Å². The first-order chi connectivity index (χ1) is 23.7. The zero-order chi connectivity index (χ0) is 32.4. The van der Waals surface area contributed by atoms with Crippen molar-refractivity contribution in [2.75, 3.05) is 0 Å². The van der Waals surface area contributed by atoms with Gasteiger partial charge in [0.25, 0.3) is 0 Å². The molecule has 3 aromatic heterocycles. The minimum atomic E-state index is 0.564. The number of allylic oxidation sites excluding steroid dienone is 1. The van der Waals surface area contributed by atoms with Crippen LogP contribution in [0.1, 0.15) is 16.8 Å². The van der Waals surface area contributed by atoms with E-state index >= 15 is 0 Å². The second kappa shape index (κ2) is 10.7. The van der Waals surface area contributed by atoms with Gasteiger partial charge in [0.15, 0.2) is 0 Å². The third-order valence-corrected chi connectivity index (χ3v) is 9.58. The molecular weight excluding hydrogens is 585 g/mol. The van der Waals surface area contributed by atoms with Gasteiger partial charge >= 0.3 is 0 Å². The fourth-order valence-corrected chi connectivity index (χ4v) is 7.59. The molecule has 0 N–H and O–H groups in total. The van der Waals surface area contributed by atoms with Crippen LogP contribution in [0.4, 0.5) is 0 Å². The van der Waals surface area contributed by atoms with E-state index in [2.05, 4.69) is 154 Å². The summed E-state index contributed by atoms with van der Waals surface area (Å²) >= 11 is 0. The molecule has 0 radical (unpaired) electrons. The molecular formula is C44H28N4. The molecule has 0 bridgehead atoms. The summed E-state index contributed by atoms with van der Waals surface area (Å²) in [5.41, 5.74) is 10.8. The molecule has 6 aromatic carbocycles. The van der Waals surface area contributed by atoms with Gasteiger partial charge in [-0.2, -0.15) is 5.26 Å². The second-order valence-corrected chi connectivity index (χ2v) is 12.1. The van der Waals surface area contributed by atoms with Gasteiger partial charge < -0.3 is 13.7 Å². The lowest BCUT2D eigenvalue weighted by molar-refractivity contribution is 1.02. The van der Waals surface area contributed by atoms with Crippen LogP contribution >= 0.6 is 0 Å². The number of hydrogen-bond donors (Lipinski definition) is 0. The quantitative estimate of drug-likeness (QED) is 0.182. The van der Waals surface area contributed by atoms with E-state index in [1.165, 1.54) is 0 Å². The Bertz CT molecular complexity index is 2770. The SMILES string of the molecule is C#C/C=C\c1c(C)c2ccccc2n1-c1cc(C#N)cc(-n2c3ccccc3c3ccccc32)c1-n1c2ccccc2c2ccccc21. The molecule has 0 amide bonds. The van der Waals surface area contributed by atoms with Crippen molar-refractivity contribution >= 4 is 60.6 Å². The smallest absolute Gasteiger partial charge is 0.0993 e. The maximum Gasteiger partial charge on any atom is 0.0993 e. The highest BCUT2D eigenvalue weighted by atomic mass is 15.1. The molecule has 0 saturated heterocycles. The standard InChI is InChI=1S/C44H28N4/c1-3-4-20-36-29(2)31-15-5-10-21-37(31)46(36)42-26-30(28-45)27-43(47-38-22-11-6-16-32(38)33-17-7-12-23-39(33)47)44(42)48-40-24-13-8-18-34(40)35-19-9-14-25-41(35)48/h1,4-27H,2H3/b20-4-. The number of para-hydroxylation sites is 5. The van der Waals surface area contributed by atoms with Gasteiger partial charge in [0, 0.05) is 26.9 Å². The van der Waals surface area contributed by atoms with E-state index in [9.17, 15) is 5.26 Å². The molecule has 4 heteroatoms. The third kappa shape index (κ3) is 3.84. The minimum absolute atomic E-state index is 0.564. The number of terminal acetylenes is 1. The minimum Gasteiger partial charge on any atom is -0.307 e. The van der Waals surface area contributed by atoms with Gasteiger partial charge in [-0.3, -0.25) is 0 Å². The molecule has 0 fully saturated rings. The monoisotopic (exact) mass is 612 g/mol. The predicted molar refractivity (Wildman–Crippen MR) is 199 cm³/mol. The average Bonchev–Trinajstić information content (AvgIpc) is 3.75. The molecule has 0 aliphatic heterocycles. The zero-order valence-electron chi connectivity index (χ0n) is 26.2. The normalized spacial score (nSPS) is 11.7. The van der Waals surface area contributed by atoms with Crippen LogP contribution in [0.3, 0.4) is 0 Å². The van der Waals surface area contributed by atoms with Gasteiger partial charge in [-0.05, 0) is 67.1 Å². The Morgan fingerprint density at radius 3 is 1.40 bits per heavy atom. The molecule has 0 unspecified atom stereocenters. The van der Waals surface area contributed by atoms with Crippen molar-refractivity contribution in [1.82, 2.24) is 13.7 Å². The Kier molecular flexibility index (Phi) is 6.12. The summed E-state index contributed by atoms with van der Waals surface area (Å²) in [6.45, 7) is 2.14. The van der Waals surface area contributed by atoms with E-state index in [4.69, 9.17) is 6.42 Å². The Labute approximate surface area is 277 Å². The number of nitriles is 1. The van der Waals surface area contributed by atoms with Gasteiger partial charge in [-0.25, -0.2) is 0 Å². The average molecular weight is 613 g/mol. The first-order valence-corrected chi connectivity index (χ1v) is 16.0. The number of aryl methyl sites for hydroxylation is 1. The Morgan fingerprint density at radius 1 is 0.542 bits per heavy atom. The number of fused-ring (bicyclic) bond motifs is 7. The summed E-state index contributed by atoms with van der Waals surface area (Å²) in [6.07, 6.45) is 9.54. The summed E-state index contributed by atoms with van der Waals surface area (Å²) in [5, 5.41) is 16.4. The molecule has 0 aliphatic rings. The largest absolute Gasteiger partial charge is 0.307 e. The molecule has 9 rings (SSSR count). The second-order valence-electron chi connectivity index (χ2n) is 12.1. The first kappa shape index (κ1) is 27.6. The number of aromatic nitrogens is 3. The molecule has 0 spiro atoms. The lowest BCUT2D eigenvalue weighted by Crippen LogP contribution is -2.11. The highest BCUT2D eigenvalue weighted by molar-refractivity contribution is 6.12. The Morgan fingerprint density at radius 2 is 0.938 bits per heavy atom. The fourth-order valence-electron chi connectivity index (χ4n) is 7.59. The van der Waals surface area contributed by atoms with Crippen LogP contribution in [-0.2, 0) is 0 Å². The summed E-state index contributed by atoms with van der Waals surface area (Å²) in [7, 11) is 0. The summed E-state index contributed by atoms with van der Waals surface area (Å²) in [5.74, 6) is 2.70. The van der Waals surface area contributed by atoms with Gasteiger partial charge in [-0.1, -0.05) is 96.9 Å². The molecule has 224 valence electrons. The van der Waals surface area contributed by atoms with Crippen molar-refractivity contribution in [3.05, 3.63) is 156 Å². The highest BCUT2D eigenvalue weighted by Crippen LogP contribution is 2.42. The predicted octanol–water partition coefficient (Wildman–Crippen LogP) is 10.7. The molecule has 0 aliphatic carbocycles.